The molecule has 2 aromatic rings. The summed E-state index contributed by atoms with van der Waals surface area (Å²) in [5.74, 6) is 0.866. The van der Waals surface area contributed by atoms with Crippen molar-refractivity contribution in [2.24, 2.45) is 0 Å². The average Bonchev–Trinajstić information content (AvgIpc) is 2.56. The second-order valence-electron chi connectivity index (χ2n) is 6.94. The number of aryl methyl sites for hydroxylation is 1. The lowest BCUT2D eigenvalue weighted by Gasteiger charge is -2.21. The van der Waals surface area contributed by atoms with Crippen molar-refractivity contribution in [3.63, 3.8) is 0 Å². The van der Waals surface area contributed by atoms with Gasteiger partial charge in [-0.25, -0.2) is 13.1 Å². The van der Waals surface area contributed by atoms with Gasteiger partial charge in [0, 0.05) is 16.1 Å². The largest absolute Gasteiger partial charge is 0.496 e. The van der Waals surface area contributed by atoms with Crippen molar-refractivity contribution in [2.45, 2.75) is 45.4 Å². The highest BCUT2D eigenvalue weighted by Crippen LogP contribution is 2.32. The molecule has 0 amide bonds. The van der Waals surface area contributed by atoms with E-state index in [1.807, 2.05) is 26.0 Å². The summed E-state index contributed by atoms with van der Waals surface area (Å²) < 4.78 is 33.5. The molecule has 0 aromatic heterocycles. The Morgan fingerprint density at radius 3 is 2.30 bits per heavy atom. The maximum Gasteiger partial charge on any atom is 0.216 e. The predicted octanol–water partition coefficient (Wildman–Crippen LogP) is 5.61. The van der Waals surface area contributed by atoms with Gasteiger partial charge in [0.1, 0.15) is 5.75 Å². The summed E-state index contributed by atoms with van der Waals surface area (Å²) >= 11 is 12.0. The molecule has 0 fully saturated rings. The normalized spacial score (nSPS) is 13.0. The highest BCUT2D eigenvalue weighted by molar-refractivity contribution is 7.88. The van der Waals surface area contributed by atoms with Crippen LogP contribution >= 0.6 is 23.2 Å². The Morgan fingerprint density at radius 2 is 1.74 bits per heavy atom. The van der Waals surface area contributed by atoms with Crippen molar-refractivity contribution < 1.29 is 13.2 Å². The van der Waals surface area contributed by atoms with Gasteiger partial charge in [0.05, 0.1) is 12.9 Å². The minimum Gasteiger partial charge on any atom is -0.496 e. The summed E-state index contributed by atoms with van der Waals surface area (Å²) in [6, 6.07) is 8.38. The molecule has 0 radical (unpaired) electrons. The standard InChI is InChI=1S/C20H25Cl2NO3S/c1-12(2)17-10-18(13(3)8-20(17)26-5)14(4)23-27(24,25)11-15-6-7-16(21)9-19(15)22/h6-10,12,14,23H,11H2,1-5H3/t14-/m0/s1. The molecule has 7 heteroatoms. The van der Waals surface area contributed by atoms with Crippen LogP contribution in [0, 0.1) is 6.92 Å². The second-order valence-corrected chi connectivity index (χ2v) is 9.54. The van der Waals surface area contributed by atoms with E-state index in [-0.39, 0.29) is 17.7 Å². The van der Waals surface area contributed by atoms with Gasteiger partial charge in [0.15, 0.2) is 0 Å². The van der Waals surface area contributed by atoms with E-state index in [1.165, 1.54) is 0 Å². The van der Waals surface area contributed by atoms with Crippen molar-refractivity contribution in [2.75, 3.05) is 7.11 Å². The van der Waals surface area contributed by atoms with E-state index in [4.69, 9.17) is 27.9 Å². The summed E-state index contributed by atoms with van der Waals surface area (Å²) in [5.41, 5.74) is 3.45. The summed E-state index contributed by atoms with van der Waals surface area (Å²) in [5, 5.41) is 0.806. The van der Waals surface area contributed by atoms with Crippen LogP contribution < -0.4 is 9.46 Å². The van der Waals surface area contributed by atoms with Crippen molar-refractivity contribution in [1.82, 2.24) is 4.72 Å². The third-order valence-corrected chi connectivity index (χ3v) is 6.41. The number of rotatable bonds is 7. The highest BCUT2D eigenvalue weighted by atomic mass is 35.5. The maximum absolute atomic E-state index is 12.6. The number of sulfonamides is 1. The van der Waals surface area contributed by atoms with Gasteiger partial charge in [-0.15, -0.1) is 0 Å². The first-order chi connectivity index (χ1) is 12.5. The predicted molar refractivity (Wildman–Crippen MR) is 112 cm³/mol. The molecule has 0 saturated carbocycles. The van der Waals surface area contributed by atoms with Gasteiger partial charge >= 0.3 is 0 Å². The summed E-state index contributed by atoms with van der Waals surface area (Å²) in [6.45, 7) is 7.94. The Balaban J connectivity index is 2.27. The molecule has 2 rings (SSSR count). The van der Waals surface area contributed by atoms with Crippen LogP contribution in [0.25, 0.3) is 0 Å². The molecule has 1 atom stereocenters. The Hall–Kier alpha value is -1.27. The Morgan fingerprint density at radius 1 is 1.07 bits per heavy atom. The SMILES string of the molecule is COc1cc(C)c([C@H](C)NS(=O)(=O)Cc2ccc(Cl)cc2Cl)cc1C(C)C. The van der Waals surface area contributed by atoms with Gasteiger partial charge < -0.3 is 4.74 Å². The van der Waals surface area contributed by atoms with Gasteiger partial charge in [-0.1, -0.05) is 43.1 Å². The molecule has 0 aliphatic rings. The summed E-state index contributed by atoms with van der Waals surface area (Å²) in [7, 11) is -1.95. The lowest BCUT2D eigenvalue weighted by molar-refractivity contribution is 0.406. The molecule has 0 unspecified atom stereocenters. The van der Waals surface area contributed by atoms with E-state index in [9.17, 15) is 8.42 Å². The van der Waals surface area contributed by atoms with E-state index in [1.54, 1.807) is 25.3 Å². The van der Waals surface area contributed by atoms with E-state index in [0.717, 1.165) is 22.4 Å². The highest BCUT2D eigenvalue weighted by Gasteiger charge is 2.21. The minimum atomic E-state index is -3.59. The van der Waals surface area contributed by atoms with E-state index < -0.39 is 10.0 Å². The molecule has 0 spiro atoms. The van der Waals surface area contributed by atoms with Crippen molar-refractivity contribution in [3.05, 3.63) is 62.6 Å². The average molecular weight is 430 g/mol. The molecule has 2 aromatic carbocycles. The fourth-order valence-electron chi connectivity index (χ4n) is 3.03. The van der Waals surface area contributed by atoms with E-state index in [2.05, 4.69) is 18.6 Å². The first kappa shape index (κ1) is 22.0. The number of hydrogen-bond donors (Lipinski definition) is 1. The number of benzene rings is 2. The van der Waals surface area contributed by atoms with Crippen LogP contribution in [0.15, 0.2) is 30.3 Å². The Bertz CT molecular complexity index is 927. The molecule has 27 heavy (non-hydrogen) atoms. The van der Waals surface area contributed by atoms with Crippen LogP contribution in [0.5, 0.6) is 5.75 Å². The van der Waals surface area contributed by atoms with Gasteiger partial charge in [0.25, 0.3) is 0 Å². The summed E-state index contributed by atoms with van der Waals surface area (Å²) in [4.78, 5) is 0. The van der Waals surface area contributed by atoms with Gasteiger partial charge in [-0.05, 0) is 66.3 Å². The number of ether oxygens (including phenoxy) is 1. The quantitative estimate of drug-likeness (QED) is 0.621. The second kappa shape index (κ2) is 8.82. The lowest BCUT2D eigenvalue weighted by atomic mass is 9.94. The molecule has 148 valence electrons. The Labute approximate surface area is 171 Å². The fraction of sp³-hybridized carbons (Fsp3) is 0.400. The number of methoxy groups -OCH3 is 1. The van der Waals surface area contributed by atoms with Crippen LogP contribution in [0.4, 0.5) is 0 Å². The molecule has 0 saturated heterocycles. The van der Waals surface area contributed by atoms with Crippen LogP contribution in [-0.2, 0) is 15.8 Å². The van der Waals surface area contributed by atoms with Crippen molar-refractivity contribution in [3.8, 4) is 5.75 Å². The molecule has 0 aliphatic carbocycles. The molecule has 4 nitrogen and oxygen atoms in total. The van der Waals surface area contributed by atoms with Crippen LogP contribution in [0.3, 0.4) is 0 Å². The zero-order chi connectivity index (χ0) is 20.4. The monoisotopic (exact) mass is 429 g/mol. The van der Waals surface area contributed by atoms with Crippen molar-refractivity contribution >= 4 is 33.2 Å². The molecule has 0 aliphatic heterocycles. The Kier molecular flexibility index (Phi) is 7.20. The molecule has 0 heterocycles. The first-order valence-corrected chi connectivity index (χ1v) is 11.1. The third-order valence-electron chi connectivity index (χ3n) is 4.42. The van der Waals surface area contributed by atoms with Crippen LogP contribution in [0.2, 0.25) is 10.0 Å². The number of hydrogen-bond acceptors (Lipinski definition) is 3. The topological polar surface area (TPSA) is 55.4 Å². The molecule has 1 N–H and O–H groups in total. The van der Waals surface area contributed by atoms with E-state index in [0.29, 0.717) is 15.6 Å². The summed E-state index contributed by atoms with van der Waals surface area (Å²) in [6.07, 6.45) is 0. The molecular weight excluding hydrogens is 405 g/mol. The molecular formula is C20H25Cl2NO3S. The first-order valence-electron chi connectivity index (χ1n) is 8.66. The van der Waals surface area contributed by atoms with Gasteiger partial charge in [0.2, 0.25) is 10.0 Å². The number of halogens is 2. The van der Waals surface area contributed by atoms with Crippen molar-refractivity contribution in [1.29, 1.82) is 0 Å². The smallest absolute Gasteiger partial charge is 0.216 e. The van der Waals surface area contributed by atoms with Gasteiger partial charge in [-0.3, -0.25) is 0 Å². The third kappa shape index (κ3) is 5.61. The van der Waals surface area contributed by atoms with Crippen LogP contribution in [0.1, 0.15) is 55.0 Å². The number of nitrogens with one attached hydrogen (secondary N) is 1. The van der Waals surface area contributed by atoms with E-state index >= 15 is 0 Å². The van der Waals surface area contributed by atoms with Crippen LogP contribution in [-0.4, -0.2) is 15.5 Å². The zero-order valence-corrected chi connectivity index (χ0v) is 18.5. The minimum absolute atomic E-state index is 0.209. The fourth-order valence-corrected chi connectivity index (χ4v) is 4.99. The zero-order valence-electron chi connectivity index (χ0n) is 16.1. The molecule has 0 bridgehead atoms. The van der Waals surface area contributed by atoms with Gasteiger partial charge in [-0.2, -0.15) is 0 Å². The maximum atomic E-state index is 12.6. The lowest BCUT2D eigenvalue weighted by Crippen LogP contribution is -2.28.